The van der Waals surface area contributed by atoms with Crippen LogP contribution < -0.4 is 0 Å². The molecule has 0 heterocycles. The Morgan fingerprint density at radius 2 is 2.06 bits per heavy atom. The number of carbonyl (C=O) groups is 1. The number of hydrogen-bond donors (Lipinski definition) is 1. The lowest BCUT2D eigenvalue weighted by molar-refractivity contribution is -0.138. The van der Waals surface area contributed by atoms with E-state index >= 15 is 0 Å². The Morgan fingerprint density at radius 3 is 2.75 bits per heavy atom. The molecule has 0 radical (unpaired) electrons. The van der Waals surface area contributed by atoms with Gasteiger partial charge in [0.2, 0.25) is 0 Å². The van der Waals surface area contributed by atoms with E-state index in [0.29, 0.717) is 5.02 Å². The van der Waals surface area contributed by atoms with E-state index in [1.807, 2.05) is 30.3 Å². The molecular weight excluding hydrogens is 224 g/mol. The summed E-state index contributed by atoms with van der Waals surface area (Å²) < 4.78 is 0. The van der Waals surface area contributed by atoms with E-state index in [2.05, 4.69) is 0 Å². The minimum atomic E-state index is -0.827. The molecule has 0 aliphatic carbocycles. The SMILES string of the molecule is CC(C(=O)O)c1ccc2cccc(Cl)c2c1. The van der Waals surface area contributed by atoms with Crippen LogP contribution in [0.25, 0.3) is 10.8 Å². The zero-order valence-electron chi connectivity index (χ0n) is 8.77. The maximum atomic E-state index is 10.9. The number of rotatable bonds is 2. The van der Waals surface area contributed by atoms with Crippen molar-refractivity contribution in [2.75, 3.05) is 0 Å². The van der Waals surface area contributed by atoms with Crippen molar-refractivity contribution in [3.8, 4) is 0 Å². The summed E-state index contributed by atoms with van der Waals surface area (Å²) in [5, 5.41) is 11.5. The summed E-state index contributed by atoms with van der Waals surface area (Å²) in [7, 11) is 0. The zero-order valence-corrected chi connectivity index (χ0v) is 9.53. The van der Waals surface area contributed by atoms with Gasteiger partial charge in [0.1, 0.15) is 0 Å². The fraction of sp³-hybridized carbons (Fsp3) is 0.154. The first-order valence-corrected chi connectivity index (χ1v) is 5.38. The van der Waals surface area contributed by atoms with E-state index in [9.17, 15) is 4.79 Å². The Hall–Kier alpha value is -1.54. The summed E-state index contributed by atoms with van der Waals surface area (Å²) in [5.74, 6) is -1.34. The maximum absolute atomic E-state index is 10.9. The molecule has 0 aliphatic heterocycles. The highest BCUT2D eigenvalue weighted by Gasteiger charge is 2.14. The van der Waals surface area contributed by atoms with Crippen LogP contribution in [0.2, 0.25) is 5.02 Å². The lowest BCUT2D eigenvalue weighted by Crippen LogP contribution is -2.07. The molecule has 0 fully saturated rings. The molecule has 0 aromatic heterocycles. The van der Waals surface area contributed by atoms with Gasteiger partial charge >= 0.3 is 5.97 Å². The normalized spacial score (nSPS) is 12.6. The number of fused-ring (bicyclic) bond motifs is 1. The van der Waals surface area contributed by atoms with Crippen LogP contribution in [0.5, 0.6) is 0 Å². The number of halogens is 1. The average molecular weight is 235 g/mol. The van der Waals surface area contributed by atoms with Crippen molar-refractivity contribution in [2.45, 2.75) is 12.8 Å². The smallest absolute Gasteiger partial charge is 0.310 e. The van der Waals surface area contributed by atoms with Crippen molar-refractivity contribution in [3.05, 3.63) is 47.0 Å². The van der Waals surface area contributed by atoms with Crippen LogP contribution >= 0.6 is 11.6 Å². The van der Waals surface area contributed by atoms with Crippen molar-refractivity contribution >= 4 is 28.3 Å². The third-order valence-corrected chi connectivity index (χ3v) is 3.05. The van der Waals surface area contributed by atoms with E-state index < -0.39 is 11.9 Å². The van der Waals surface area contributed by atoms with Gasteiger partial charge in [-0.25, -0.2) is 0 Å². The first-order valence-electron chi connectivity index (χ1n) is 5.00. The molecule has 0 aliphatic rings. The third-order valence-electron chi connectivity index (χ3n) is 2.72. The van der Waals surface area contributed by atoms with Crippen molar-refractivity contribution in [1.29, 1.82) is 0 Å². The first kappa shape index (κ1) is 11.0. The fourth-order valence-corrected chi connectivity index (χ4v) is 1.90. The van der Waals surface area contributed by atoms with Gasteiger partial charge < -0.3 is 5.11 Å². The fourth-order valence-electron chi connectivity index (χ4n) is 1.66. The third kappa shape index (κ3) is 1.89. The molecule has 1 N–H and O–H groups in total. The summed E-state index contributed by atoms with van der Waals surface area (Å²) >= 11 is 6.07. The second kappa shape index (κ2) is 4.14. The van der Waals surface area contributed by atoms with Crippen LogP contribution in [0.3, 0.4) is 0 Å². The highest BCUT2D eigenvalue weighted by Crippen LogP contribution is 2.27. The Bertz CT molecular complexity index is 549. The van der Waals surface area contributed by atoms with Gasteiger partial charge in [0.05, 0.1) is 5.92 Å². The van der Waals surface area contributed by atoms with Crippen LogP contribution in [-0.4, -0.2) is 11.1 Å². The molecule has 0 spiro atoms. The molecule has 2 aromatic carbocycles. The quantitative estimate of drug-likeness (QED) is 0.861. The summed E-state index contributed by atoms with van der Waals surface area (Å²) in [6, 6.07) is 11.2. The molecule has 16 heavy (non-hydrogen) atoms. The molecule has 1 unspecified atom stereocenters. The van der Waals surface area contributed by atoms with Gasteiger partial charge in [-0.1, -0.05) is 35.9 Å². The Morgan fingerprint density at radius 1 is 1.31 bits per heavy atom. The lowest BCUT2D eigenvalue weighted by Gasteiger charge is -2.08. The maximum Gasteiger partial charge on any atom is 0.310 e. The second-order valence-corrected chi connectivity index (χ2v) is 4.19. The van der Waals surface area contributed by atoms with E-state index in [4.69, 9.17) is 16.7 Å². The molecule has 0 bridgehead atoms. The van der Waals surface area contributed by atoms with Gasteiger partial charge in [0.25, 0.3) is 0 Å². The Labute approximate surface area is 98.5 Å². The highest BCUT2D eigenvalue weighted by molar-refractivity contribution is 6.35. The number of carboxylic acids is 1. The summed E-state index contributed by atoms with van der Waals surface area (Å²) in [6.45, 7) is 1.67. The predicted molar refractivity (Wildman–Crippen MR) is 65.0 cm³/mol. The number of aliphatic carboxylic acids is 1. The van der Waals surface area contributed by atoms with Gasteiger partial charge in [-0.15, -0.1) is 0 Å². The van der Waals surface area contributed by atoms with E-state index in [1.165, 1.54) is 0 Å². The van der Waals surface area contributed by atoms with Crippen LogP contribution in [0.4, 0.5) is 0 Å². The van der Waals surface area contributed by atoms with Gasteiger partial charge in [0, 0.05) is 10.4 Å². The minimum Gasteiger partial charge on any atom is -0.481 e. The van der Waals surface area contributed by atoms with E-state index in [1.54, 1.807) is 13.0 Å². The van der Waals surface area contributed by atoms with Crippen molar-refractivity contribution in [3.63, 3.8) is 0 Å². The number of carboxylic acid groups (broad SMARTS) is 1. The molecule has 82 valence electrons. The predicted octanol–water partition coefficient (Wildman–Crippen LogP) is 3.68. The van der Waals surface area contributed by atoms with Crippen molar-refractivity contribution in [1.82, 2.24) is 0 Å². The van der Waals surface area contributed by atoms with Crippen LogP contribution in [0.15, 0.2) is 36.4 Å². The monoisotopic (exact) mass is 234 g/mol. The summed E-state index contributed by atoms with van der Waals surface area (Å²) in [6.07, 6.45) is 0. The first-order chi connectivity index (χ1) is 7.59. The number of benzene rings is 2. The Balaban J connectivity index is 2.59. The van der Waals surface area contributed by atoms with Crippen LogP contribution in [0.1, 0.15) is 18.4 Å². The molecule has 1 atom stereocenters. The molecular formula is C13H11ClO2. The zero-order chi connectivity index (χ0) is 11.7. The Kier molecular flexibility index (Phi) is 2.84. The standard InChI is InChI=1S/C13H11ClO2/c1-8(13(15)16)10-6-5-9-3-2-4-12(14)11(9)7-10/h2-8H,1H3,(H,15,16). The van der Waals surface area contributed by atoms with E-state index in [-0.39, 0.29) is 0 Å². The van der Waals surface area contributed by atoms with Gasteiger partial charge in [0.15, 0.2) is 0 Å². The number of hydrogen-bond acceptors (Lipinski definition) is 1. The molecule has 2 nitrogen and oxygen atoms in total. The highest BCUT2D eigenvalue weighted by atomic mass is 35.5. The summed E-state index contributed by atoms with van der Waals surface area (Å²) in [4.78, 5) is 10.9. The minimum absolute atomic E-state index is 0.513. The topological polar surface area (TPSA) is 37.3 Å². The van der Waals surface area contributed by atoms with Crippen molar-refractivity contribution in [2.24, 2.45) is 0 Å². The molecule has 0 saturated carbocycles. The lowest BCUT2D eigenvalue weighted by atomic mass is 9.98. The van der Waals surface area contributed by atoms with Crippen molar-refractivity contribution < 1.29 is 9.90 Å². The molecule has 2 aromatic rings. The van der Waals surface area contributed by atoms with E-state index in [0.717, 1.165) is 16.3 Å². The summed E-state index contributed by atoms with van der Waals surface area (Å²) in [5.41, 5.74) is 0.771. The van der Waals surface area contributed by atoms with Crippen LogP contribution in [-0.2, 0) is 4.79 Å². The largest absolute Gasteiger partial charge is 0.481 e. The van der Waals surface area contributed by atoms with Crippen LogP contribution in [0, 0.1) is 0 Å². The van der Waals surface area contributed by atoms with Gasteiger partial charge in [-0.2, -0.15) is 0 Å². The second-order valence-electron chi connectivity index (χ2n) is 3.78. The molecule has 0 saturated heterocycles. The average Bonchev–Trinajstić information content (AvgIpc) is 2.28. The molecule has 2 rings (SSSR count). The van der Waals surface area contributed by atoms with Gasteiger partial charge in [-0.05, 0) is 30.0 Å². The van der Waals surface area contributed by atoms with Gasteiger partial charge in [-0.3, -0.25) is 4.79 Å². The molecule has 0 amide bonds. The molecule has 3 heteroatoms.